The normalized spacial score (nSPS) is 12.6. The van der Waals surface area contributed by atoms with Gasteiger partial charge < -0.3 is 4.74 Å². The molecular formula is C9H17IO2. The summed E-state index contributed by atoms with van der Waals surface area (Å²) in [6, 6.07) is 0. The summed E-state index contributed by atoms with van der Waals surface area (Å²) in [7, 11) is 1.45. The van der Waals surface area contributed by atoms with Crippen LogP contribution in [0.5, 0.6) is 0 Å². The van der Waals surface area contributed by atoms with Gasteiger partial charge in [-0.25, -0.2) is 0 Å². The molecule has 0 saturated carbocycles. The molecule has 12 heavy (non-hydrogen) atoms. The summed E-state index contributed by atoms with van der Waals surface area (Å²) in [5.41, 5.74) is 0. The van der Waals surface area contributed by atoms with Crippen LogP contribution in [0.4, 0.5) is 0 Å². The zero-order chi connectivity index (χ0) is 9.40. The lowest BCUT2D eigenvalue weighted by Gasteiger charge is -2.12. The molecular weight excluding hydrogens is 267 g/mol. The largest absolute Gasteiger partial charge is 0.469 e. The molecule has 0 N–H and O–H groups in total. The van der Waals surface area contributed by atoms with Crippen molar-refractivity contribution in [2.24, 2.45) is 5.92 Å². The predicted molar refractivity (Wildman–Crippen MR) is 58.5 cm³/mol. The van der Waals surface area contributed by atoms with E-state index in [1.54, 1.807) is 0 Å². The number of carbonyl (C=O) groups is 1. The van der Waals surface area contributed by atoms with Crippen LogP contribution in [0.25, 0.3) is 0 Å². The summed E-state index contributed by atoms with van der Waals surface area (Å²) in [5, 5.41) is 0. The second-order valence-electron chi connectivity index (χ2n) is 2.91. The van der Waals surface area contributed by atoms with Crippen molar-refractivity contribution in [3.8, 4) is 0 Å². The highest BCUT2D eigenvalue weighted by atomic mass is 127. The van der Waals surface area contributed by atoms with Crippen LogP contribution in [0.3, 0.4) is 0 Å². The Bertz CT molecular complexity index is 120. The summed E-state index contributed by atoms with van der Waals surface area (Å²) in [6.07, 6.45) is 4.01. The first kappa shape index (κ1) is 12.2. The minimum Gasteiger partial charge on any atom is -0.469 e. The first-order valence-electron chi connectivity index (χ1n) is 4.37. The Kier molecular flexibility index (Phi) is 7.96. The van der Waals surface area contributed by atoms with E-state index in [4.69, 9.17) is 0 Å². The van der Waals surface area contributed by atoms with Gasteiger partial charge in [0.2, 0.25) is 0 Å². The molecule has 0 aliphatic carbocycles. The number of hydrogen-bond acceptors (Lipinski definition) is 2. The Hall–Kier alpha value is 0.200. The van der Waals surface area contributed by atoms with Crippen LogP contribution in [0.1, 0.15) is 32.6 Å². The third-order valence-electron chi connectivity index (χ3n) is 1.90. The highest BCUT2D eigenvalue weighted by Crippen LogP contribution is 2.17. The van der Waals surface area contributed by atoms with Crippen molar-refractivity contribution in [1.82, 2.24) is 0 Å². The van der Waals surface area contributed by atoms with Crippen LogP contribution in [0.2, 0.25) is 0 Å². The van der Waals surface area contributed by atoms with Gasteiger partial charge >= 0.3 is 5.97 Å². The molecule has 3 heteroatoms. The molecule has 0 radical (unpaired) electrons. The van der Waals surface area contributed by atoms with E-state index in [-0.39, 0.29) is 5.97 Å². The maximum atomic E-state index is 10.9. The molecule has 0 bridgehead atoms. The van der Waals surface area contributed by atoms with Gasteiger partial charge in [-0.2, -0.15) is 0 Å². The van der Waals surface area contributed by atoms with Crippen molar-refractivity contribution in [2.75, 3.05) is 11.5 Å². The number of rotatable bonds is 6. The standard InChI is InChI=1S/C9H17IO2/c1-3-4-8(5-6-10)7-9(11)12-2/h8H,3-7H2,1-2H3. The third-order valence-corrected chi connectivity index (χ3v) is 2.52. The van der Waals surface area contributed by atoms with Gasteiger partial charge in [-0.05, 0) is 16.8 Å². The molecule has 0 fully saturated rings. The van der Waals surface area contributed by atoms with Gasteiger partial charge in [-0.15, -0.1) is 0 Å². The lowest BCUT2D eigenvalue weighted by molar-refractivity contribution is -0.141. The topological polar surface area (TPSA) is 26.3 Å². The SMILES string of the molecule is CCCC(CCI)CC(=O)OC. The fraction of sp³-hybridized carbons (Fsp3) is 0.889. The van der Waals surface area contributed by atoms with E-state index in [9.17, 15) is 4.79 Å². The van der Waals surface area contributed by atoms with Crippen molar-refractivity contribution in [3.05, 3.63) is 0 Å². The average molecular weight is 284 g/mol. The second-order valence-corrected chi connectivity index (χ2v) is 3.99. The molecule has 0 spiro atoms. The first-order chi connectivity index (χ1) is 5.74. The average Bonchev–Trinajstić information content (AvgIpc) is 2.05. The molecule has 0 rings (SSSR count). The van der Waals surface area contributed by atoms with Gasteiger partial charge in [0.25, 0.3) is 0 Å². The minimum atomic E-state index is -0.0710. The van der Waals surface area contributed by atoms with E-state index in [1.165, 1.54) is 7.11 Å². The van der Waals surface area contributed by atoms with Gasteiger partial charge in [0.05, 0.1) is 7.11 Å². The molecule has 1 atom stereocenters. The van der Waals surface area contributed by atoms with Crippen LogP contribution in [0, 0.1) is 5.92 Å². The van der Waals surface area contributed by atoms with Crippen LogP contribution in [-0.4, -0.2) is 17.5 Å². The molecule has 0 amide bonds. The summed E-state index contributed by atoms with van der Waals surface area (Å²) < 4.78 is 5.76. The Morgan fingerprint density at radius 3 is 2.58 bits per heavy atom. The van der Waals surface area contributed by atoms with E-state index in [2.05, 4.69) is 34.3 Å². The van der Waals surface area contributed by atoms with Crippen molar-refractivity contribution in [1.29, 1.82) is 0 Å². The molecule has 2 nitrogen and oxygen atoms in total. The lowest BCUT2D eigenvalue weighted by Crippen LogP contribution is -2.10. The number of esters is 1. The molecule has 0 aromatic rings. The van der Waals surface area contributed by atoms with Crippen molar-refractivity contribution < 1.29 is 9.53 Å². The zero-order valence-corrected chi connectivity index (χ0v) is 9.96. The van der Waals surface area contributed by atoms with E-state index >= 15 is 0 Å². The van der Waals surface area contributed by atoms with Gasteiger partial charge in [0, 0.05) is 6.42 Å². The minimum absolute atomic E-state index is 0.0710. The molecule has 0 saturated heterocycles. The van der Waals surface area contributed by atoms with Crippen molar-refractivity contribution in [2.45, 2.75) is 32.6 Å². The lowest BCUT2D eigenvalue weighted by atomic mass is 9.97. The third kappa shape index (κ3) is 5.80. The zero-order valence-electron chi connectivity index (χ0n) is 7.81. The van der Waals surface area contributed by atoms with E-state index < -0.39 is 0 Å². The number of methoxy groups -OCH3 is 1. The molecule has 1 unspecified atom stereocenters. The maximum Gasteiger partial charge on any atom is 0.305 e. The van der Waals surface area contributed by atoms with E-state index in [0.717, 1.165) is 23.7 Å². The van der Waals surface area contributed by atoms with Gasteiger partial charge in [0.1, 0.15) is 0 Å². The van der Waals surface area contributed by atoms with Gasteiger partial charge in [-0.1, -0.05) is 42.4 Å². The van der Waals surface area contributed by atoms with Gasteiger partial charge in [0.15, 0.2) is 0 Å². The van der Waals surface area contributed by atoms with Crippen LogP contribution >= 0.6 is 22.6 Å². The molecule has 0 aromatic heterocycles. The summed E-state index contributed by atoms with van der Waals surface area (Å²) in [5.74, 6) is 0.456. The highest BCUT2D eigenvalue weighted by molar-refractivity contribution is 14.1. The fourth-order valence-corrected chi connectivity index (χ4v) is 2.11. The van der Waals surface area contributed by atoms with E-state index in [1.807, 2.05) is 0 Å². The van der Waals surface area contributed by atoms with E-state index in [0.29, 0.717) is 12.3 Å². The smallest absolute Gasteiger partial charge is 0.305 e. The summed E-state index contributed by atoms with van der Waals surface area (Å²) >= 11 is 2.35. The Morgan fingerprint density at radius 2 is 2.17 bits per heavy atom. The number of alkyl halides is 1. The molecule has 72 valence electrons. The molecule has 0 heterocycles. The maximum absolute atomic E-state index is 10.9. The van der Waals surface area contributed by atoms with Crippen molar-refractivity contribution >= 4 is 28.6 Å². The second kappa shape index (κ2) is 7.83. The van der Waals surface area contributed by atoms with Crippen molar-refractivity contribution in [3.63, 3.8) is 0 Å². The number of hydrogen-bond donors (Lipinski definition) is 0. The monoisotopic (exact) mass is 284 g/mol. The van der Waals surface area contributed by atoms with Crippen LogP contribution < -0.4 is 0 Å². The van der Waals surface area contributed by atoms with Crippen LogP contribution in [0.15, 0.2) is 0 Å². The van der Waals surface area contributed by atoms with Gasteiger partial charge in [-0.3, -0.25) is 4.79 Å². The summed E-state index contributed by atoms with van der Waals surface area (Å²) in [4.78, 5) is 10.9. The summed E-state index contributed by atoms with van der Waals surface area (Å²) in [6.45, 7) is 2.15. The molecule has 0 aliphatic rings. The Labute approximate surface area is 88.2 Å². The fourth-order valence-electron chi connectivity index (χ4n) is 1.23. The molecule has 0 aromatic carbocycles. The predicted octanol–water partition coefficient (Wildman–Crippen LogP) is 2.79. The first-order valence-corrected chi connectivity index (χ1v) is 5.89. The van der Waals surface area contributed by atoms with Crippen LogP contribution in [-0.2, 0) is 9.53 Å². The Morgan fingerprint density at radius 1 is 1.50 bits per heavy atom. The highest BCUT2D eigenvalue weighted by Gasteiger charge is 2.12. The quantitative estimate of drug-likeness (QED) is 0.426. The number of halogens is 1. The Balaban J connectivity index is 3.68. The number of carbonyl (C=O) groups excluding carboxylic acids is 1. The molecule has 0 aliphatic heterocycles. The number of ether oxygens (including phenoxy) is 1.